The van der Waals surface area contributed by atoms with E-state index in [0.717, 1.165) is 87.0 Å². The fourth-order valence-electron chi connectivity index (χ4n) is 6.42. The average Bonchev–Trinajstić information content (AvgIpc) is 3.29. The molecule has 1 aliphatic heterocycles. The van der Waals surface area contributed by atoms with E-state index in [1.165, 1.54) is 17.7 Å². The van der Waals surface area contributed by atoms with Gasteiger partial charge in [-0.1, -0.05) is 25.3 Å². The van der Waals surface area contributed by atoms with Gasteiger partial charge >= 0.3 is 0 Å². The highest BCUT2D eigenvalue weighted by atomic mass is 16.2. The largest absolute Gasteiger partial charge is 0.371 e. The lowest BCUT2D eigenvalue weighted by Gasteiger charge is -2.38. The predicted molar refractivity (Wildman–Crippen MR) is 143 cm³/mol. The molecule has 3 aliphatic rings. The number of carbonyl (C=O) groups is 2. The van der Waals surface area contributed by atoms with Gasteiger partial charge in [-0.2, -0.15) is 0 Å². The number of fused-ring (bicyclic) bond motifs is 1. The van der Waals surface area contributed by atoms with Crippen molar-refractivity contribution in [3.63, 3.8) is 0 Å². The lowest BCUT2D eigenvalue weighted by molar-refractivity contribution is -0.126. The van der Waals surface area contributed by atoms with Crippen LogP contribution in [0.15, 0.2) is 30.3 Å². The smallest absolute Gasteiger partial charge is 0.253 e. The maximum Gasteiger partial charge on any atom is 0.253 e. The molecule has 1 atom stereocenters. The predicted octanol–water partition coefficient (Wildman–Crippen LogP) is 5.12. The topological polar surface area (TPSA) is 65.5 Å². The molecular formula is C30H40N4O2. The zero-order chi connectivity index (χ0) is 25.2. The summed E-state index contributed by atoms with van der Waals surface area (Å²) in [5, 5.41) is 3.32. The molecular weight excluding hydrogens is 448 g/mol. The van der Waals surface area contributed by atoms with Crippen LogP contribution in [0.25, 0.3) is 0 Å². The van der Waals surface area contributed by atoms with Gasteiger partial charge < -0.3 is 15.1 Å². The Balaban J connectivity index is 1.22. The number of pyridine rings is 1. The van der Waals surface area contributed by atoms with Crippen molar-refractivity contribution in [3.8, 4) is 0 Å². The van der Waals surface area contributed by atoms with Crippen molar-refractivity contribution in [2.75, 3.05) is 25.0 Å². The van der Waals surface area contributed by atoms with Gasteiger partial charge in [-0.3, -0.25) is 14.6 Å². The first-order valence-corrected chi connectivity index (χ1v) is 13.8. The molecule has 1 N–H and O–H groups in total. The number of rotatable bonds is 5. The zero-order valence-electron chi connectivity index (χ0n) is 22.1. The van der Waals surface area contributed by atoms with Crippen molar-refractivity contribution in [2.45, 2.75) is 83.7 Å². The first kappa shape index (κ1) is 24.8. The second kappa shape index (κ2) is 10.6. The van der Waals surface area contributed by atoms with Gasteiger partial charge in [-0.05, 0) is 87.8 Å². The molecule has 1 aromatic carbocycles. The molecule has 36 heavy (non-hydrogen) atoms. The van der Waals surface area contributed by atoms with Crippen molar-refractivity contribution in [3.05, 3.63) is 58.4 Å². The summed E-state index contributed by atoms with van der Waals surface area (Å²) in [4.78, 5) is 35.2. The van der Waals surface area contributed by atoms with Crippen LogP contribution in [0.5, 0.6) is 0 Å². The van der Waals surface area contributed by atoms with Gasteiger partial charge in [0.15, 0.2) is 0 Å². The van der Waals surface area contributed by atoms with Gasteiger partial charge in [0, 0.05) is 54.7 Å². The van der Waals surface area contributed by atoms with E-state index in [9.17, 15) is 9.59 Å². The normalized spacial score (nSPS) is 20.8. The van der Waals surface area contributed by atoms with Crippen molar-refractivity contribution in [1.82, 2.24) is 15.2 Å². The Hall–Kier alpha value is -2.89. The lowest BCUT2D eigenvalue weighted by Crippen LogP contribution is -2.45. The van der Waals surface area contributed by atoms with E-state index in [0.29, 0.717) is 0 Å². The molecule has 6 nitrogen and oxygen atoms in total. The molecule has 6 heteroatoms. The van der Waals surface area contributed by atoms with E-state index in [4.69, 9.17) is 0 Å². The molecule has 1 aromatic heterocycles. The number of amides is 2. The van der Waals surface area contributed by atoms with E-state index in [1.807, 2.05) is 37.9 Å². The number of nitrogens with zero attached hydrogens (tertiary/aromatic N) is 3. The van der Waals surface area contributed by atoms with Crippen LogP contribution in [-0.2, 0) is 11.2 Å². The van der Waals surface area contributed by atoms with Crippen LogP contribution in [0.1, 0.15) is 90.3 Å². The number of aromatic nitrogens is 1. The summed E-state index contributed by atoms with van der Waals surface area (Å²) in [6.07, 6.45) is 9.37. The third-order valence-corrected chi connectivity index (χ3v) is 8.53. The fraction of sp³-hybridized carbons (Fsp3) is 0.567. The summed E-state index contributed by atoms with van der Waals surface area (Å²) >= 11 is 0. The Morgan fingerprint density at radius 1 is 0.944 bits per heavy atom. The Kier molecular flexibility index (Phi) is 7.31. The third kappa shape index (κ3) is 5.28. The van der Waals surface area contributed by atoms with Crippen LogP contribution >= 0.6 is 0 Å². The second-order valence-corrected chi connectivity index (χ2v) is 11.1. The molecule has 1 unspecified atom stereocenters. The number of hydrogen-bond acceptors (Lipinski definition) is 4. The first-order chi connectivity index (χ1) is 17.4. The van der Waals surface area contributed by atoms with Crippen LogP contribution < -0.4 is 10.2 Å². The summed E-state index contributed by atoms with van der Waals surface area (Å²) in [5.41, 5.74) is 6.45. The Bertz CT molecular complexity index is 1100. The number of benzene rings is 1. The molecule has 2 aliphatic carbocycles. The number of carbonyl (C=O) groups excluding carboxylic acids is 2. The summed E-state index contributed by atoms with van der Waals surface area (Å²) in [5.74, 6) is 0.438. The molecule has 0 bridgehead atoms. The lowest BCUT2D eigenvalue weighted by atomic mass is 9.88. The molecule has 0 spiro atoms. The number of anilines is 1. The number of aryl methyl sites for hydroxylation is 3. The molecule has 2 fully saturated rings. The minimum Gasteiger partial charge on any atom is -0.371 e. The number of hydrogen-bond donors (Lipinski definition) is 1. The molecule has 192 valence electrons. The second-order valence-electron chi connectivity index (χ2n) is 11.1. The summed E-state index contributed by atoms with van der Waals surface area (Å²) in [6, 6.07) is 10.7. The minimum absolute atomic E-state index is 0.0306. The average molecular weight is 489 g/mol. The summed E-state index contributed by atoms with van der Waals surface area (Å²) in [6.45, 7) is 5.95. The molecule has 1 saturated heterocycles. The van der Waals surface area contributed by atoms with Gasteiger partial charge in [0.05, 0.1) is 6.04 Å². The van der Waals surface area contributed by atoms with E-state index < -0.39 is 0 Å². The van der Waals surface area contributed by atoms with Crippen molar-refractivity contribution in [2.24, 2.45) is 5.92 Å². The molecule has 0 radical (unpaired) electrons. The van der Waals surface area contributed by atoms with Gasteiger partial charge in [0.25, 0.3) is 5.91 Å². The highest BCUT2D eigenvalue weighted by molar-refractivity contribution is 5.94. The standard InChI is InChI=1S/C30H40N4O2/c1-20-17-26(18-21(2)31-20)34-15-13-25(14-16-34)33(3)30(36)24-10-9-22-11-12-28(27(22)19-24)32-29(35)23-7-5-4-6-8-23/h9-10,17-19,23,25,28H,4-8,11-16H2,1-3H3,(H,32,35). The van der Waals surface area contributed by atoms with E-state index in [2.05, 4.69) is 33.4 Å². The van der Waals surface area contributed by atoms with E-state index in [-0.39, 0.29) is 29.8 Å². The van der Waals surface area contributed by atoms with Crippen LogP contribution in [0.2, 0.25) is 0 Å². The van der Waals surface area contributed by atoms with Crippen LogP contribution in [0, 0.1) is 19.8 Å². The maximum absolute atomic E-state index is 13.5. The zero-order valence-corrected chi connectivity index (χ0v) is 22.1. The third-order valence-electron chi connectivity index (χ3n) is 8.53. The van der Waals surface area contributed by atoms with Crippen LogP contribution in [0.3, 0.4) is 0 Å². The van der Waals surface area contributed by atoms with Gasteiger partial charge in [0.2, 0.25) is 5.91 Å². The number of piperidine rings is 1. The van der Waals surface area contributed by atoms with Crippen LogP contribution in [0.4, 0.5) is 5.69 Å². The molecule has 5 rings (SSSR count). The van der Waals surface area contributed by atoms with Crippen molar-refractivity contribution < 1.29 is 9.59 Å². The maximum atomic E-state index is 13.5. The quantitative estimate of drug-likeness (QED) is 0.634. The van der Waals surface area contributed by atoms with Gasteiger partial charge in [-0.25, -0.2) is 0 Å². The van der Waals surface area contributed by atoms with Crippen LogP contribution in [-0.4, -0.2) is 47.9 Å². The highest BCUT2D eigenvalue weighted by Gasteiger charge is 2.30. The van der Waals surface area contributed by atoms with Crippen molar-refractivity contribution in [1.29, 1.82) is 0 Å². The molecule has 2 amide bonds. The fourth-order valence-corrected chi connectivity index (χ4v) is 6.42. The first-order valence-electron chi connectivity index (χ1n) is 13.8. The SMILES string of the molecule is Cc1cc(N2CCC(N(C)C(=O)c3ccc4c(c3)C(NC(=O)C3CCCCC3)CC4)CC2)cc(C)n1. The van der Waals surface area contributed by atoms with Crippen molar-refractivity contribution >= 4 is 17.5 Å². The van der Waals surface area contributed by atoms with Gasteiger partial charge in [-0.15, -0.1) is 0 Å². The number of nitrogens with one attached hydrogen (secondary N) is 1. The van der Waals surface area contributed by atoms with E-state index in [1.54, 1.807) is 0 Å². The van der Waals surface area contributed by atoms with E-state index >= 15 is 0 Å². The monoisotopic (exact) mass is 488 g/mol. The Labute approximate surface area is 215 Å². The van der Waals surface area contributed by atoms with Gasteiger partial charge in [0.1, 0.15) is 0 Å². The summed E-state index contributed by atoms with van der Waals surface area (Å²) in [7, 11) is 1.94. The summed E-state index contributed by atoms with van der Waals surface area (Å²) < 4.78 is 0. The molecule has 2 heterocycles. The Morgan fingerprint density at radius 3 is 2.33 bits per heavy atom. The Morgan fingerprint density at radius 2 is 1.64 bits per heavy atom. The minimum atomic E-state index is 0.0306. The highest BCUT2D eigenvalue weighted by Crippen LogP contribution is 2.34. The molecule has 1 saturated carbocycles. The molecule has 2 aromatic rings.